The number of carbonyl (C=O) groups excluding carboxylic acids is 4. The first kappa shape index (κ1) is 18.0. The molecule has 0 radical (unpaired) electrons. The summed E-state index contributed by atoms with van der Waals surface area (Å²) < 4.78 is 18.3. The first-order valence-electron chi connectivity index (χ1n) is 7.50. The molecule has 0 bridgehead atoms. The van der Waals surface area contributed by atoms with Gasteiger partial charge in [0.05, 0.1) is 24.2 Å². The third-order valence-corrected chi connectivity index (χ3v) is 4.57. The van der Waals surface area contributed by atoms with Crippen molar-refractivity contribution in [2.45, 2.75) is 25.3 Å². The van der Waals surface area contributed by atoms with Crippen LogP contribution in [0.15, 0.2) is 23.3 Å². The maximum Gasteiger partial charge on any atom is 0.354 e. The zero-order valence-corrected chi connectivity index (χ0v) is 14.5. The van der Waals surface area contributed by atoms with E-state index < -0.39 is 35.0 Å². The molecular weight excluding hydrogens is 369 g/mol. The number of hydrogen-bond donors (Lipinski definition) is 0. The first-order valence-corrected chi connectivity index (χ1v) is 7.88. The summed E-state index contributed by atoms with van der Waals surface area (Å²) in [5, 5.41) is 4.53. The van der Waals surface area contributed by atoms with Gasteiger partial charge in [0, 0.05) is 13.3 Å². The van der Waals surface area contributed by atoms with Crippen molar-refractivity contribution >= 4 is 46.7 Å². The predicted octanol–water partition coefficient (Wildman–Crippen LogP) is 1.26. The van der Waals surface area contributed by atoms with Crippen LogP contribution in [0.2, 0.25) is 5.02 Å². The van der Waals surface area contributed by atoms with Crippen LogP contribution in [0.1, 0.15) is 19.8 Å². The summed E-state index contributed by atoms with van der Waals surface area (Å²) in [5.74, 6) is -3.64. The number of nitrogens with zero attached hydrogens (tertiary/aromatic N) is 3. The summed E-state index contributed by atoms with van der Waals surface area (Å²) in [4.78, 5) is 50.1. The van der Waals surface area contributed by atoms with E-state index in [1.165, 1.54) is 12.1 Å². The highest BCUT2D eigenvalue weighted by Gasteiger charge is 2.61. The lowest BCUT2D eigenvalue weighted by atomic mass is 9.91. The standard InChI is InChI=1S/C16H13ClFN3O5/c1-8(22)21-16(6-12(19-21)14(24)26-2)7-13(23)20(15(16)25)9-3-4-10(17)11(18)5-9/h3-5H,6-7H2,1-2H3/t16-/m0/s1. The van der Waals surface area contributed by atoms with Crippen molar-refractivity contribution in [1.29, 1.82) is 0 Å². The topological polar surface area (TPSA) is 96.3 Å². The van der Waals surface area contributed by atoms with Gasteiger partial charge in [0.15, 0.2) is 5.54 Å². The van der Waals surface area contributed by atoms with Crippen LogP contribution in [0.3, 0.4) is 0 Å². The number of amides is 3. The molecule has 1 aromatic rings. The fourth-order valence-corrected chi connectivity index (χ4v) is 3.24. The molecule has 10 heteroatoms. The van der Waals surface area contributed by atoms with Crippen molar-refractivity contribution < 1.29 is 28.3 Å². The van der Waals surface area contributed by atoms with Gasteiger partial charge in [-0.25, -0.2) is 19.1 Å². The van der Waals surface area contributed by atoms with Crippen LogP contribution in [0.5, 0.6) is 0 Å². The van der Waals surface area contributed by atoms with Crippen LogP contribution >= 0.6 is 11.6 Å². The molecule has 3 rings (SSSR count). The molecule has 0 aliphatic carbocycles. The molecule has 2 aliphatic rings. The Hall–Kier alpha value is -2.81. The molecule has 1 aromatic carbocycles. The number of halogens is 2. The van der Waals surface area contributed by atoms with Crippen molar-refractivity contribution in [3.63, 3.8) is 0 Å². The number of imide groups is 1. The van der Waals surface area contributed by atoms with Crippen LogP contribution in [-0.2, 0) is 23.9 Å². The Kier molecular flexibility index (Phi) is 4.27. The highest BCUT2D eigenvalue weighted by Crippen LogP contribution is 2.41. The van der Waals surface area contributed by atoms with Crippen LogP contribution in [-0.4, -0.2) is 47.1 Å². The second kappa shape index (κ2) is 6.17. The number of rotatable bonds is 2. The third-order valence-electron chi connectivity index (χ3n) is 4.26. The quantitative estimate of drug-likeness (QED) is 0.567. The molecule has 0 N–H and O–H groups in total. The minimum atomic E-state index is -1.66. The van der Waals surface area contributed by atoms with Gasteiger partial charge in [-0.2, -0.15) is 5.10 Å². The molecule has 0 saturated carbocycles. The normalized spacial score (nSPS) is 22.2. The molecule has 26 heavy (non-hydrogen) atoms. The average Bonchev–Trinajstić information content (AvgIpc) is 3.08. The fourth-order valence-electron chi connectivity index (χ4n) is 3.12. The van der Waals surface area contributed by atoms with Crippen molar-refractivity contribution in [1.82, 2.24) is 5.01 Å². The predicted molar refractivity (Wildman–Crippen MR) is 87.8 cm³/mol. The largest absolute Gasteiger partial charge is 0.464 e. The third kappa shape index (κ3) is 2.55. The summed E-state index contributed by atoms with van der Waals surface area (Å²) in [6.07, 6.45) is -0.657. The lowest BCUT2D eigenvalue weighted by Gasteiger charge is -2.28. The van der Waals surface area contributed by atoms with E-state index in [2.05, 4.69) is 9.84 Å². The second-order valence-electron chi connectivity index (χ2n) is 5.89. The summed E-state index contributed by atoms with van der Waals surface area (Å²) in [7, 11) is 1.14. The Morgan fingerprint density at radius 2 is 2.00 bits per heavy atom. The number of esters is 1. The number of benzene rings is 1. The van der Waals surface area contributed by atoms with Crippen LogP contribution < -0.4 is 4.90 Å². The molecule has 0 unspecified atom stereocenters. The smallest absolute Gasteiger partial charge is 0.354 e. The highest BCUT2D eigenvalue weighted by atomic mass is 35.5. The number of ether oxygens (including phenoxy) is 1. The monoisotopic (exact) mass is 381 g/mol. The lowest BCUT2D eigenvalue weighted by Crippen LogP contribution is -2.51. The van der Waals surface area contributed by atoms with Gasteiger partial charge >= 0.3 is 5.97 Å². The summed E-state index contributed by atoms with van der Waals surface area (Å²) in [6, 6.07) is 3.48. The van der Waals surface area contributed by atoms with Gasteiger partial charge in [0.2, 0.25) is 11.8 Å². The van der Waals surface area contributed by atoms with Gasteiger partial charge in [-0.15, -0.1) is 0 Å². The van der Waals surface area contributed by atoms with Gasteiger partial charge in [0.1, 0.15) is 11.5 Å². The molecule has 1 fully saturated rings. The average molecular weight is 382 g/mol. The zero-order valence-electron chi connectivity index (χ0n) is 13.8. The Morgan fingerprint density at radius 1 is 1.31 bits per heavy atom. The van der Waals surface area contributed by atoms with E-state index >= 15 is 0 Å². The van der Waals surface area contributed by atoms with Crippen LogP contribution in [0.4, 0.5) is 10.1 Å². The molecule has 1 atom stereocenters. The summed E-state index contributed by atoms with van der Waals surface area (Å²) >= 11 is 5.63. The van der Waals surface area contributed by atoms with E-state index in [-0.39, 0.29) is 29.3 Å². The first-order chi connectivity index (χ1) is 12.2. The Balaban J connectivity index is 2.03. The van der Waals surface area contributed by atoms with Gasteiger partial charge in [0.25, 0.3) is 5.91 Å². The highest BCUT2D eigenvalue weighted by molar-refractivity contribution is 6.39. The molecule has 8 nitrogen and oxygen atoms in total. The molecule has 2 heterocycles. The van der Waals surface area contributed by atoms with Gasteiger partial charge in [-0.3, -0.25) is 14.4 Å². The molecule has 3 amide bonds. The van der Waals surface area contributed by atoms with Crippen molar-refractivity contribution in [2.75, 3.05) is 12.0 Å². The summed E-state index contributed by atoms with van der Waals surface area (Å²) in [5.41, 5.74) is -1.83. The van der Waals surface area contributed by atoms with Crippen molar-refractivity contribution in [3.05, 3.63) is 29.0 Å². The Bertz CT molecular complexity index is 887. The molecule has 1 saturated heterocycles. The van der Waals surface area contributed by atoms with Gasteiger partial charge in [-0.05, 0) is 18.2 Å². The summed E-state index contributed by atoms with van der Waals surface area (Å²) in [6.45, 7) is 1.16. The second-order valence-corrected chi connectivity index (χ2v) is 6.29. The molecule has 1 spiro atoms. The molecule has 2 aliphatic heterocycles. The number of hydrazone groups is 1. The van der Waals surface area contributed by atoms with Gasteiger partial charge < -0.3 is 4.74 Å². The van der Waals surface area contributed by atoms with E-state index in [0.717, 1.165) is 30.0 Å². The van der Waals surface area contributed by atoms with Crippen LogP contribution in [0.25, 0.3) is 0 Å². The van der Waals surface area contributed by atoms with E-state index in [1.54, 1.807) is 0 Å². The fraction of sp³-hybridized carbons (Fsp3) is 0.312. The number of methoxy groups -OCH3 is 1. The minimum Gasteiger partial charge on any atom is -0.464 e. The van der Waals surface area contributed by atoms with E-state index in [4.69, 9.17) is 11.6 Å². The molecule has 136 valence electrons. The minimum absolute atomic E-state index is 0.0196. The van der Waals surface area contributed by atoms with Crippen LogP contribution in [0, 0.1) is 5.82 Å². The number of hydrogen-bond acceptors (Lipinski definition) is 6. The lowest BCUT2D eigenvalue weighted by molar-refractivity contribution is -0.141. The van der Waals surface area contributed by atoms with Gasteiger partial charge in [-0.1, -0.05) is 11.6 Å². The van der Waals surface area contributed by atoms with E-state index in [9.17, 15) is 23.6 Å². The molecule has 0 aromatic heterocycles. The van der Waals surface area contributed by atoms with E-state index in [1.807, 2.05) is 0 Å². The number of carbonyl (C=O) groups is 4. The number of anilines is 1. The van der Waals surface area contributed by atoms with Crippen molar-refractivity contribution in [3.8, 4) is 0 Å². The zero-order chi connectivity index (χ0) is 19.2. The van der Waals surface area contributed by atoms with Crippen molar-refractivity contribution in [2.24, 2.45) is 5.10 Å². The maximum absolute atomic E-state index is 13.7. The maximum atomic E-state index is 13.7. The van der Waals surface area contributed by atoms with E-state index in [0.29, 0.717) is 0 Å². The Labute approximate surface area is 152 Å². The Morgan fingerprint density at radius 3 is 2.58 bits per heavy atom. The molecular formula is C16H13ClFN3O5. The SMILES string of the molecule is COC(=O)C1=NN(C(C)=O)[C@]2(CC(=O)N(c3ccc(Cl)c(F)c3)C2=O)C1.